The number of nitrogens with one attached hydrogen (secondary N) is 1. The summed E-state index contributed by atoms with van der Waals surface area (Å²) in [6.45, 7) is 0. The molecule has 4 aromatic rings. The lowest BCUT2D eigenvalue weighted by Gasteiger charge is -2.04. The van der Waals surface area contributed by atoms with Crippen LogP contribution < -0.4 is 4.74 Å². The molecule has 0 spiro atoms. The molecule has 138 valence electrons. The predicted octanol–water partition coefficient (Wildman–Crippen LogP) is 4.67. The van der Waals surface area contributed by atoms with Gasteiger partial charge in [-0.1, -0.05) is 47.4 Å². The van der Waals surface area contributed by atoms with Crippen molar-refractivity contribution < 1.29 is 9.15 Å². The van der Waals surface area contributed by atoms with Crippen LogP contribution >= 0.6 is 35.3 Å². The fraction of sp³-hybridized carbons (Fsp3) is 0.222. The van der Waals surface area contributed by atoms with E-state index in [2.05, 4.69) is 44.7 Å². The second-order valence-electron chi connectivity index (χ2n) is 5.79. The first-order chi connectivity index (χ1) is 13.2. The average Bonchev–Trinajstić information content (AvgIpc) is 3.30. The first kappa shape index (κ1) is 18.1. The van der Waals surface area contributed by atoms with E-state index >= 15 is 0 Å². The maximum absolute atomic E-state index is 5.28. The third kappa shape index (κ3) is 4.55. The zero-order chi connectivity index (χ0) is 18.6. The smallest absolute Gasteiger partial charge is 0.284 e. The third-order valence-corrected chi connectivity index (χ3v) is 6.17. The minimum atomic E-state index is 0.307. The SMILES string of the molecule is COc1ccc2cc(Cc3nnc(SCCc4n[nH]c(=S)o4)s3)ccc2c1. The summed E-state index contributed by atoms with van der Waals surface area (Å²) in [4.78, 5) is 0.307. The second kappa shape index (κ2) is 8.20. The van der Waals surface area contributed by atoms with Gasteiger partial charge in [0.05, 0.1) is 7.11 Å². The van der Waals surface area contributed by atoms with Crippen LogP contribution in [0, 0.1) is 4.84 Å². The fourth-order valence-electron chi connectivity index (χ4n) is 2.65. The average molecular weight is 417 g/mol. The van der Waals surface area contributed by atoms with Crippen LogP contribution in [0.15, 0.2) is 45.2 Å². The minimum Gasteiger partial charge on any atom is -0.497 e. The number of hydrogen-bond donors (Lipinski definition) is 1. The van der Waals surface area contributed by atoms with E-state index < -0.39 is 0 Å². The van der Waals surface area contributed by atoms with E-state index in [1.54, 1.807) is 30.2 Å². The molecule has 0 saturated carbocycles. The van der Waals surface area contributed by atoms with Gasteiger partial charge in [0.2, 0.25) is 5.89 Å². The van der Waals surface area contributed by atoms with Crippen molar-refractivity contribution in [3.8, 4) is 5.75 Å². The van der Waals surface area contributed by atoms with Crippen molar-refractivity contribution in [2.24, 2.45) is 0 Å². The monoisotopic (exact) mass is 416 g/mol. The van der Waals surface area contributed by atoms with Crippen molar-refractivity contribution in [3.63, 3.8) is 0 Å². The van der Waals surface area contributed by atoms with Crippen molar-refractivity contribution in [1.29, 1.82) is 0 Å². The molecule has 0 aliphatic heterocycles. The van der Waals surface area contributed by atoms with E-state index in [-0.39, 0.29) is 0 Å². The summed E-state index contributed by atoms with van der Waals surface area (Å²) in [5, 5.41) is 18.6. The number of methoxy groups -OCH3 is 1. The lowest BCUT2D eigenvalue weighted by molar-refractivity contribution is 0.415. The van der Waals surface area contributed by atoms with Gasteiger partial charge in [-0.15, -0.1) is 15.3 Å². The standard InChI is InChI=1S/C18H16N4O2S3/c1-23-14-5-4-12-8-11(2-3-13(12)10-14)9-16-20-22-18(27-16)26-7-6-15-19-21-17(25)24-15/h2-5,8,10H,6-7,9H2,1H3,(H,21,25). The number of fused-ring (bicyclic) bond motifs is 1. The number of hydrogen-bond acceptors (Lipinski definition) is 8. The third-order valence-electron chi connectivity index (χ3n) is 3.94. The molecule has 0 amide bonds. The molecule has 0 atom stereocenters. The van der Waals surface area contributed by atoms with Gasteiger partial charge < -0.3 is 9.15 Å². The Balaban J connectivity index is 1.38. The predicted molar refractivity (Wildman–Crippen MR) is 109 cm³/mol. The molecule has 9 heteroatoms. The van der Waals surface area contributed by atoms with Crippen LogP contribution in [0.25, 0.3) is 10.8 Å². The summed E-state index contributed by atoms with van der Waals surface area (Å²) in [5.41, 5.74) is 1.22. The van der Waals surface area contributed by atoms with E-state index in [0.717, 1.165) is 32.7 Å². The molecule has 0 fully saturated rings. The Labute approximate surface area is 169 Å². The number of H-pyrrole nitrogens is 1. The highest BCUT2D eigenvalue weighted by molar-refractivity contribution is 8.01. The van der Waals surface area contributed by atoms with Crippen LogP contribution in [0.4, 0.5) is 0 Å². The zero-order valence-corrected chi connectivity index (χ0v) is 16.9. The lowest BCUT2D eigenvalue weighted by Crippen LogP contribution is -1.88. The number of benzene rings is 2. The van der Waals surface area contributed by atoms with E-state index in [9.17, 15) is 0 Å². The Bertz CT molecular complexity index is 1120. The molecular weight excluding hydrogens is 400 g/mol. The maximum atomic E-state index is 5.28. The van der Waals surface area contributed by atoms with Gasteiger partial charge in [0.1, 0.15) is 10.8 Å². The summed E-state index contributed by atoms with van der Waals surface area (Å²) in [7, 11) is 1.68. The number of nitrogens with zero attached hydrogens (tertiary/aromatic N) is 3. The summed E-state index contributed by atoms with van der Waals surface area (Å²) in [5.74, 6) is 2.30. The normalized spacial score (nSPS) is 11.1. The van der Waals surface area contributed by atoms with E-state index in [1.807, 2.05) is 12.1 Å². The highest BCUT2D eigenvalue weighted by Gasteiger charge is 2.08. The van der Waals surface area contributed by atoms with Crippen molar-refractivity contribution in [3.05, 3.63) is 57.7 Å². The molecule has 0 bridgehead atoms. The molecule has 0 unspecified atom stereocenters. The largest absolute Gasteiger partial charge is 0.497 e. The van der Waals surface area contributed by atoms with Crippen LogP contribution in [0.3, 0.4) is 0 Å². The maximum Gasteiger partial charge on any atom is 0.284 e. The molecule has 6 nitrogen and oxygen atoms in total. The zero-order valence-electron chi connectivity index (χ0n) is 14.5. The molecule has 0 radical (unpaired) electrons. The summed E-state index contributed by atoms with van der Waals surface area (Å²) < 4.78 is 11.5. The Morgan fingerprint density at radius 1 is 1.19 bits per heavy atom. The van der Waals surface area contributed by atoms with E-state index in [4.69, 9.17) is 21.4 Å². The minimum absolute atomic E-state index is 0.307. The van der Waals surface area contributed by atoms with Gasteiger partial charge in [0.25, 0.3) is 4.84 Å². The Morgan fingerprint density at radius 2 is 2.04 bits per heavy atom. The fourth-order valence-corrected chi connectivity index (χ4v) is 4.72. The first-order valence-electron chi connectivity index (χ1n) is 8.26. The van der Waals surface area contributed by atoms with Crippen molar-refractivity contribution in [2.75, 3.05) is 12.9 Å². The quantitative estimate of drug-likeness (QED) is 0.346. The molecule has 2 heterocycles. The molecule has 4 rings (SSSR count). The summed E-state index contributed by atoms with van der Waals surface area (Å²) in [6.07, 6.45) is 1.47. The molecule has 1 N–H and O–H groups in total. The number of rotatable bonds is 7. The van der Waals surface area contributed by atoms with Crippen molar-refractivity contribution >= 4 is 46.1 Å². The van der Waals surface area contributed by atoms with Gasteiger partial charge in [0, 0.05) is 18.6 Å². The van der Waals surface area contributed by atoms with Gasteiger partial charge in [0.15, 0.2) is 4.34 Å². The van der Waals surface area contributed by atoms with Crippen LogP contribution in [-0.2, 0) is 12.8 Å². The number of aromatic nitrogens is 4. The summed E-state index contributed by atoms with van der Waals surface area (Å²) >= 11 is 8.13. The van der Waals surface area contributed by atoms with Gasteiger partial charge >= 0.3 is 0 Å². The molecular formula is C18H16N4O2S3. The van der Waals surface area contributed by atoms with E-state index in [0.29, 0.717) is 17.1 Å². The van der Waals surface area contributed by atoms with Crippen LogP contribution in [0.1, 0.15) is 16.5 Å². The second-order valence-corrected chi connectivity index (χ2v) is 8.57. The Morgan fingerprint density at radius 3 is 2.85 bits per heavy atom. The van der Waals surface area contributed by atoms with Gasteiger partial charge in [-0.05, 0) is 40.7 Å². The molecule has 2 aromatic carbocycles. The number of thioether (sulfide) groups is 1. The molecule has 0 saturated heterocycles. The highest BCUT2D eigenvalue weighted by Crippen LogP contribution is 2.26. The molecule has 0 aliphatic rings. The van der Waals surface area contributed by atoms with Crippen molar-refractivity contribution in [1.82, 2.24) is 20.4 Å². The highest BCUT2D eigenvalue weighted by atomic mass is 32.2. The van der Waals surface area contributed by atoms with Crippen LogP contribution in [-0.4, -0.2) is 33.3 Å². The van der Waals surface area contributed by atoms with Crippen molar-refractivity contribution in [2.45, 2.75) is 17.2 Å². The number of aromatic amines is 1. The topological polar surface area (TPSA) is 76.8 Å². The molecule has 2 aromatic heterocycles. The summed E-state index contributed by atoms with van der Waals surface area (Å²) in [6, 6.07) is 12.5. The van der Waals surface area contributed by atoms with Gasteiger partial charge in [-0.2, -0.15) is 0 Å². The van der Waals surface area contributed by atoms with Gasteiger partial charge in [-0.3, -0.25) is 0 Å². The van der Waals surface area contributed by atoms with Crippen LogP contribution in [0.2, 0.25) is 0 Å². The van der Waals surface area contributed by atoms with E-state index in [1.165, 1.54) is 10.9 Å². The Hall–Kier alpha value is -2.23. The van der Waals surface area contributed by atoms with Gasteiger partial charge in [-0.25, -0.2) is 5.10 Å². The number of ether oxygens (including phenoxy) is 1. The Kier molecular flexibility index (Phi) is 5.51. The molecule has 0 aliphatic carbocycles. The van der Waals surface area contributed by atoms with Crippen LogP contribution in [0.5, 0.6) is 5.75 Å². The number of aryl methyl sites for hydroxylation is 1. The molecule has 27 heavy (non-hydrogen) atoms. The first-order valence-corrected chi connectivity index (χ1v) is 10.5. The lowest BCUT2D eigenvalue weighted by atomic mass is 10.1.